The Labute approximate surface area is 122 Å². The third kappa shape index (κ3) is 3.37. The quantitative estimate of drug-likeness (QED) is 0.881. The number of carbonyl (C=O) groups excluding carboxylic acids is 1. The minimum Gasteiger partial charge on any atom is -0.350 e. The van der Waals surface area contributed by atoms with Gasteiger partial charge in [-0.3, -0.25) is 9.48 Å². The van der Waals surface area contributed by atoms with E-state index in [0.29, 0.717) is 11.6 Å². The smallest absolute Gasteiger partial charge is 0.242 e. The average Bonchev–Trinajstić information content (AvgIpc) is 2.85. The fraction of sp³-hybridized carbons (Fsp3) is 0.286. The average molecular weight is 293 g/mol. The lowest BCUT2D eigenvalue weighted by Crippen LogP contribution is -2.35. The first-order chi connectivity index (χ1) is 9.61. The molecule has 1 atom stereocenters. The highest BCUT2D eigenvalue weighted by atomic mass is 35.5. The zero-order chi connectivity index (χ0) is 14.5. The van der Waals surface area contributed by atoms with E-state index in [1.54, 1.807) is 24.0 Å². The zero-order valence-corrected chi connectivity index (χ0v) is 12.2. The SMILES string of the molecule is CNC(C(=O)NCc1ccccc1Cl)c1cnn(C)c1. The highest BCUT2D eigenvalue weighted by molar-refractivity contribution is 6.31. The molecule has 0 aliphatic heterocycles. The van der Waals surface area contributed by atoms with Crippen LogP contribution in [-0.2, 0) is 18.4 Å². The van der Waals surface area contributed by atoms with Crippen molar-refractivity contribution < 1.29 is 4.79 Å². The number of likely N-dealkylation sites (N-methyl/N-ethyl adjacent to an activating group) is 1. The standard InChI is InChI=1S/C14H17ClN4O/c1-16-13(11-8-18-19(2)9-11)14(20)17-7-10-5-3-4-6-12(10)15/h3-6,8-9,13,16H,7H2,1-2H3,(H,17,20). The summed E-state index contributed by atoms with van der Waals surface area (Å²) in [5, 5.41) is 10.6. The van der Waals surface area contributed by atoms with Gasteiger partial charge in [-0.1, -0.05) is 29.8 Å². The monoisotopic (exact) mass is 292 g/mol. The largest absolute Gasteiger partial charge is 0.350 e. The molecular formula is C14H17ClN4O. The van der Waals surface area contributed by atoms with Crippen LogP contribution in [0.1, 0.15) is 17.2 Å². The van der Waals surface area contributed by atoms with E-state index in [9.17, 15) is 4.79 Å². The fourth-order valence-corrected chi connectivity index (χ4v) is 2.17. The third-order valence-corrected chi connectivity index (χ3v) is 3.39. The summed E-state index contributed by atoms with van der Waals surface area (Å²) < 4.78 is 1.67. The van der Waals surface area contributed by atoms with Crippen LogP contribution in [0.3, 0.4) is 0 Å². The number of hydrogen-bond donors (Lipinski definition) is 2. The summed E-state index contributed by atoms with van der Waals surface area (Å²) in [5.74, 6) is -0.111. The summed E-state index contributed by atoms with van der Waals surface area (Å²) >= 11 is 6.06. The van der Waals surface area contributed by atoms with Gasteiger partial charge in [0.1, 0.15) is 6.04 Å². The molecule has 2 rings (SSSR count). The van der Waals surface area contributed by atoms with Crippen molar-refractivity contribution in [3.05, 3.63) is 52.8 Å². The molecule has 0 bridgehead atoms. The van der Waals surface area contributed by atoms with Crippen molar-refractivity contribution in [3.8, 4) is 0 Å². The van der Waals surface area contributed by atoms with Crippen LogP contribution in [0.5, 0.6) is 0 Å². The third-order valence-electron chi connectivity index (χ3n) is 3.02. The summed E-state index contributed by atoms with van der Waals surface area (Å²) in [6.45, 7) is 0.400. The number of aryl methyl sites for hydroxylation is 1. The summed E-state index contributed by atoms with van der Waals surface area (Å²) in [5.41, 5.74) is 1.72. The number of carbonyl (C=O) groups is 1. The Bertz CT molecular complexity index is 596. The van der Waals surface area contributed by atoms with Gasteiger partial charge in [-0.2, -0.15) is 5.10 Å². The minimum absolute atomic E-state index is 0.111. The highest BCUT2D eigenvalue weighted by Gasteiger charge is 2.19. The number of rotatable bonds is 5. The molecule has 6 heteroatoms. The van der Waals surface area contributed by atoms with E-state index in [-0.39, 0.29) is 5.91 Å². The molecule has 1 heterocycles. The molecule has 20 heavy (non-hydrogen) atoms. The van der Waals surface area contributed by atoms with Crippen LogP contribution in [0.15, 0.2) is 36.7 Å². The van der Waals surface area contributed by atoms with Gasteiger partial charge in [-0.15, -0.1) is 0 Å². The summed E-state index contributed by atoms with van der Waals surface area (Å²) in [6.07, 6.45) is 3.49. The molecule has 1 aromatic carbocycles. The second kappa shape index (κ2) is 6.54. The first-order valence-electron chi connectivity index (χ1n) is 6.28. The molecule has 106 valence electrons. The Hall–Kier alpha value is -1.85. The first-order valence-corrected chi connectivity index (χ1v) is 6.66. The number of nitrogens with one attached hydrogen (secondary N) is 2. The van der Waals surface area contributed by atoms with Crippen molar-refractivity contribution in [1.82, 2.24) is 20.4 Å². The molecule has 0 aliphatic rings. The second-order valence-electron chi connectivity index (χ2n) is 4.48. The Morgan fingerprint density at radius 1 is 1.45 bits per heavy atom. The lowest BCUT2D eigenvalue weighted by atomic mass is 10.1. The topological polar surface area (TPSA) is 59.0 Å². The van der Waals surface area contributed by atoms with Crippen molar-refractivity contribution >= 4 is 17.5 Å². The Morgan fingerprint density at radius 3 is 2.80 bits per heavy atom. The molecule has 0 spiro atoms. The number of benzene rings is 1. The second-order valence-corrected chi connectivity index (χ2v) is 4.89. The molecule has 2 aromatic rings. The van der Waals surface area contributed by atoms with Crippen molar-refractivity contribution in [2.45, 2.75) is 12.6 Å². The summed E-state index contributed by atoms with van der Waals surface area (Å²) in [6, 6.07) is 7.02. The minimum atomic E-state index is -0.425. The molecular weight excluding hydrogens is 276 g/mol. The van der Waals surface area contributed by atoms with Gasteiger partial charge < -0.3 is 10.6 Å². The molecule has 2 N–H and O–H groups in total. The van der Waals surface area contributed by atoms with Crippen molar-refractivity contribution in [3.63, 3.8) is 0 Å². The molecule has 0 saturated carbocycles. The molecule has 5 nitrogen and oxygen atoms in total. The maximum atomic E-state index is 12.2. The van der Waals surface area contributed by atoms with Crippen LogP contribution >= 0.6 is 11.6 Å². The van der Waals surface area contributed by atoms with Crippen LogP contribution in [0.2, 0.25) is 5.02 Å². The zero-order valence-electron chi connectivity index (χ0n) is 11.4. The van der Waals surface area contributed by atoms with E-state index in [0.717, 1.165) is 11.1 Å². The highest BCUT2D eigenvalue weighted by Crippen LogP contribution is 2.15. The molecule has 1 unspecified atom stereocenters. The van der Waals surface area contributed by atoms with Crippen molar-refractivity contribution in [2.24, 2.45) is 7.05 Å². The first kappa shape index (κ1) is 14.6. The van der Waals surface area contributed by atoms with E-state index in [2.05, 4.69) is 15.7 Å². The van der Waals surface area contributed by atoms with Crippen molar-refractivity contribution in [1.29, 1.82) is 0 Å². The van der Waals surface area contributed by atoms with Crippen LogP contribution in [0.4, 0.5) is 0 Å². The molecule has 1 amide bonds. The predicted octanol–water partition coefficient (Wildman–Crippen LogP) is 1.65. The van der Waals surface area contributed by atoms with E-state index in [1.165, 1.54) is 0 Å². The molecule has 0 saturated heterocycles. The van der Waals surface area contributed by atoms with Gasteiger partial charge in [0.05, 0.1) is 6.20 Å². The molecule has 0 fully saturated rings. The summed E-state index contributed by atoms with van der Waals surface area (Å²) in [4.78, 5) is 12.2. The Kier molecular flexibility index (Phi) is 4.76. The van der Waals surface area contributed by atoms with Crippen LogP contribution in [0, 0.1) is 0 Å². The van der Waals surface area contributed by atoms with Gasteiger partial charge in [-0.05, 0) is 18.7 Å². The van der Waals surface area contributed by atoms with E-state index < -0.39 is 6.04 Å². The molecule has 0 radical (unpaired) electrons. The van der Waals surface area contributed by atoms with Gasteiger partial charge >= 0.3 is 0 Å². The van der Waals surface area contributed by atoms with Gasteiger partial charge in [0.2, 0.25) is 5.91 Å². The lowest BCUT2D eigenvalue weighted by Gasteiger charge is -2.15. The van der Waals surface area contributed by atoms with Crippen molar-refractivity contribution in [2.75, 3.05) is 7.05 Å². The van der Waals surface area contributed by atoms with Gasteiger partial charge in [0.15, 0.2) is 0 Å². The number of nitrogens with zero attached hydrogens (tertiary/aromatic N) is 2. The maximum Gasteiger partial charge on any atom is 0.242 e. The van der Waals surface area contributed by atoms with Crippen LogP contribution in [0.25, 0.3) is 0 Å². The van der Waals surface area contributed by atoms with Gasteiger partial charge in [-0.25, -0.2) is 0 Å². The van der Waals surface area contributed by atoms with Crippen LogP contribution < -0.4 is 10.6 Å². The number of amides is 1. The normalized spacial score (nSPS) is 12.2. The van der Waals surface area contributed by atoms with E-state index in [1.807, 2.05) is 31.4 Å². The van der Waals surface area contributed by atoms with E-state index >= 15 is 0 Å². The predicted molar refractivity (Wildman–Crippen MR) is 78.3 cm³/mol. The van der Waals surface area contributed by atoms with E-state index in [4.69, 9.17) is 11.6 Å². The summed E-state index contributed by atoms with van der Waals surface area (Å²) in [7, 11) is 3.56. The molecule has 1 aromatic heterocycles. The van der Waals surface area contributed by atoms with Gasteiger partial charge in [0, 0.05) is 30.4 Å². The number of halogens is 1. The number of aromatic nitrogens is 2. The Balaban J connectivity index is 2.02. The maximum absolute atomic E-state index is 12.2. The Morgan fingerprint density at radius 2 is 2.20 bits per heavy atom. The van der Waals surface area contributed by atoms with Crippen LogP contribution in [-0.4, -0.2) is 22.7 Å². The fourth-order valence-electron chi connectivity index (χ4n) is 1.96. The lowest BCUT2D eigenvalue weighted by molar-refractivity contribution is -0.123. The van der Waals surface area contributed by atoms with Gasteiger partial charge in [0.25, 0.3) is 0 Å². The molecule has 0 aliphatic carbocycles. The number of hydrogen-bond acceptors (Lipinski definition) is 3.